The fourth-order valence-electron chi connectivity index (χ4n) is 4.23. The molecule has 1 aromatic carbocycles. The smallest absolute Gasteiger partial charge is 0.327 e. The van der Waals surface area contributed by atoms with Crippen LogP contribution in [0.5, 0.6) is 0 Å². The zero-order valence-corrected chi connectivity index (χ0v) is 17.4. The number of amides is 4. The average Bonchev–Trinajstić information content (AvgIpc) is 3.25. The van der Waals surface area contributed by atoms with E-state index in [2.05, 4.69) is 4.98 Å². The molecule has 1 aromatic heterocycles. The molecule has 8 heteroatoms. The van der Waals surface area contributed by atoms with E-state index in [4.69, 9.17) is 0 Å². The highest BCUT2D eigenvalue weighted by Crippen LogP contribution is 2.38. The first-order chi connectivity index (χ1) is 14.0. The first-order valence-electron chi connectivity index (χ1n) is 9.85. The summed E-state index contributed by atoms with van der Waals surface area (Å²) in [6.07, 6.45) is 2.51. The number of carbonyl (C=O) groups excluding carboxylic acids is 3. The summed E-state index contributed by atoms with van der Waals surface area (Å²) >= 11 is 1.38. The fraction of sp³-hybridized carbons (Fsp3) is 0.429. The van der Waals surface area contributed by atoms with Crippen LogP contribution in [0.1, 0.15) is 40.0 Å². The van der Waals surface area contributed by atoms with Gasteiger partial charge in [0.1, 0.15) is 10.4 Å². The molecule has 0 bridgehead atoms. The number of hydrogen-bond donors (Lipinski definition) is 0. The molecule has 2 aromatic rings. The number of carbonyl (C=O) groups is 3. The van der Waals surface area contributed by atoms with Gasteiger partial charge < -0.3 is 9.80 Å². The molecule has 0 aliphatic carbocycles. The number of piperidine rings is 1. The Morgan fingerprint density at radius 2 is 1.86 bits per heavy atom. The summed E-state index contributed by atoms with van der Waals surface area (Å²) < 4.78 is 0. The lowest BCUT2D eigenvalue weighted by atomic mass is 9.85. The topological polar surface area (TPSA) is 73.8 Å². The number of nitrogens with zero attached hydrogens (tertiary/aromatic N) is 4. The Hall–Kier alpha value is -2.74. The standard InChI is InChI=1S/C21H24N4O3S/c1-3-24-19(27)21(25(20(24)28)14-16-7-5-4-6-8-16)9-11-23(12-10-21)18(26)17-13-22-15(2)29-17/h4-8,13H,3,9-12,14H2,1-2H3. The highest BCUT2D eigenvalue weighted by molar-refractivity contribution is 7.13. The summed E-state index contributed by atoms with van der Waals surface area (Å²) in [5.41, 5.74) is 0.119. The molecule has 29 heavy (non-hydrogen) atoms. The van der Waals surface area contributed by atoms with Crippen molar-refractivity contribution in [2.75, 3.05) is 19.6 Å². The summed E-state index contributed by atoms with van der Waals surface area (Å²) in [5.74, 6) is -0.189. The van der Waals surface area contributed by atoms with E-state index in [-0.39, 0.29) is 17.8 Å². The normalized spacial score (nSPS) is 18.8. The predicted octanol–water partition coefficient (Wildman–Crippen LogP) is 2.91. The maximum atomic E-state index is 13.2. The zero-order chi connectivity index (χ0) is 20.6. The molecule has 2 saturated heterocycles. The number of benzene rings is 1. The third-order valence-electron chi connectivity index (χ3n) is 5.83. The van der Waals surface area contributed by atoms with Crippen LogP contribution >= 0.6 is 11.3 Å². The van der Waals surface area contributed by atoms with E-state index in [1.807, 2.05) is 44.2 Å². The summed E-state index contributed by atoms with van der Waals surface area (Å²) in [4.78, 5) is 48.6. The van der Waals surface area contributed by atoms with Crippen LogP contribution in [0.25, 0.3) is 0 Å². The van der Waals surface area contributed by atoms with Crippen LogP contribution in [0.2, 0.25) is 0 Å². The van der Waals surface area contributed by atoms with E-state index >= 15 is 0 Å². The summed E-state index contributed by atoms with van der Waals surface area (Å²) in [6, 6.07) is 9.48. The number of urea groups is 1. The van der Waals surface area contributed by atoms with Crippen LogP contribution in [0.4, 0.5) is 4.79 Å². The number of imide groups is 1. The molecule has 2 aliphatic heterocycles. The number of rotatable bonds is 4. The van der Waals surface area contributed by atoms with Gasteiger partial charge in [-0.2, -0.15) is 0 Å². The van der Waals surface area contributed by atoms with Crippen LogP contribution in [-0.2, 0) is 11.3 Å². The largest absolute Gasteiger partial charge is 0.338 e. The molecule has 2 aliphatic rings. The van der Waals surface area contributed by atoms with E-state index in [9.17, 15) is 14.4 Å². The Kier molecular flexibility index (Phi) is 5.12. The van der Waals surface area contributed by atoms with Gasteiger partial charge in [-0.25, -0.2) is 9.78 Å². The van der Waals surface area contributed by atoms with Crippen molar-refractivity contribution in [1.82, 2.24) is 19.7 Å². The van der Waals surface area contributed by atoms with Gasteiger partial charge in [0.05, 0.1) is 11.2 Å². The Labute approximate surface area is 173 Å². The molecule has 0 atom stereocenters. The Morgan fingerprint density at radius 1 is 1.17 bits per heavy atom. The van der Waals surface area contributed by atoms with Gasteiger partial charge in [0.15, 0.2) is 0 Å². The molecule has 3 heterocycles. The van der Waals surface area contributed by atoms with Crippen molar-refractivity contribution in [2.24, 2.45) is 0 Å². The molecule has 0 N–H and O–H groups in total. The minimum absolute atomic E-state index is 0.0517. The van der Waals surface area contributed by atoms with Gasteiger partial charge in [0, 0.05) is 26.2 Å². The molecule has 0 radical (unpaired) electrons. The molecule has 0 saturated carbocycles. The second-order valence-electron chi connectivity index (χ2n) is 7.47. The van der Waals surface area contributed by atoms with Gasteiger partial charge in [-0.05, 0) is 32.3 Å². The lowest BCUT2D eigenvalue weighted by Gasteiger charge is -2.42. The number of likely N-dealkylation sites (tertiary alicyclic amines) is 1. The van der Waals surface area contributed by atoms with Crippen LogP contribution in [0, 0.1) is 6.92 Å². The van der Waals surface area contributed by atoms with Gasteiger partial charge in [-0.3, -0.25) is 14.5 Å². The number of thiazole rings is 1. The van der Waals surface area contributed by atoms with Crippen molar-refractivity contribution in [1.29, 1.82) is 0 Å². The number of aryl methyl sites for hydroxylation is 1. The van der Waals surface area contributed by atoms with Crippen molar-refractivity contribution in [2.45, 2.75) is 38.8 Å². The van der Waals surface area contributed by atoms with Crippen LogP contribution in [-0.4, -0.2) is 62.7 Å². The Bertz CT molecular complexity index is 934. The van der Waals surface area contributed by atoms with Gasteiger partial charge >= 0.3 is 6.03 Å². The van der Waals surface area contributed by atoms with Gasteiger partial charge in [0.2, 0.25) is 0 Å². The number of likely N-dealkylation sites (N-methyl/N-ethyl adjacent to an activating group) is 1. The zero-order valence-electron chi connectivity index (χ0n) is 16.6. The third-order valence-corrected chi connectivity index (χ3v) is 6.73. The van der Waals surface area contributed by atoms with E-state index in [0.29, 0.717) is 43.9 Å². The van der Waals surface area contributed by atoms with Crippen LogP contribution in [0.3, 0.4) is 0 Å². The predicted molar refractivity (Wildman–Crippen MR) is 109 cm³/mol. The third kappa shape index (κ3) is 3.31. The molecule has 0 unspecified atom stereocenters. The molecule has 1 spiro atoms. The highest BCUT2D eigenvalue weighted by Gasteiger charge is 2.57. The molecular formula is C21H24N4O3S. The van der Waals surface area contributed by atoms with Crippen LogP contribution < -0.4 is 0 Å². The monoisotopic (exact) mass is 412 g/mol. The van der Waals surface area contributed by atoms with Gasteiger partial charge in [0.25, 0.3) is 11.8 Å². The SMILES string of the molecule is CCN1C(=O)N(Cc2ccccc2)C2(CCN(C(=O)c3cnc(C)s3)CC2)C1=O. The quantitative estimate of drug-likeness (QED) is 0.724. The second kappa shape index (κ2) is 7.59. The number of aromatic nitrogens is 1. The highest BCUT2D eigenvalue weighted by atomic mass is 32.1. The molecule has 152 valence electrons. The summed E-state index contributed by atoms with van der Waals surface area (Å²) in [7, 11) is 0. The van der Waals surface area contributed by atoms with Gasteiger partial charge in [-0.1, -0.05) is 30.3 Å². The summed E-state index contributed by atoms with van der Waals surface area (Å²) in [6.45, 7) is 5.32. The average molecular weight is 413 g/mol. The van der Waals surface area contributed by atoms with Gasteiger partial charge in [-0.15, -0.1) is 11.3 Å². The molecule has 7 nitrogen and oxygen atoms in total. The van der Waals surface area contributed by atoms with Crippen molar-refractivity contribution in [3.05, 3.63) is 52.0 Å². The van der Waals surface area contributed by atoms with Crippen LogP contribution in [0.15, 0.2) is 36.5 Å². The molecule has 2 fully saturated rings. The fourth-order valence-corrected chi connectivity index (χ4v) is 4.97. The Morgan fingerprint density at radius 3 is 2.45 bits per heavy atom. The first kappa shape index (κ1) is 19.6. The first-order valence-corrected chi connectivity index (χ1v) is 10.7. The lowest BCUT2D eigenvalue weighted by molar-refractivity contribution is -0.135. The van der Waals surface area contributed by atoms with Crippen molar-refractivity contribution in [3.63, 3.8) is 0 Å². The Balaban J connectivity index is 1.56. The number of hydrogen-bond acceptors (Lipinski definition) is 5. The molecular weight excluding hydrogens is 388 g/mol. The molecule has 4 rings (SSSR count). The van der Waals surface area contributed by atoms with Crippen molar-refractivity contribution in [3.8, 4) is 0 Å². The summed E-state index contributed by atoms with van der Waals surface area (Å²) in [5, 5.41) is 0.853. The lowest BCUT2D eigenvalue weighted by Crippen LogP contribution is -2.57. The van der Waals surface area contributed by atoms with E-state index in [1.165, 1.54) is 16.2 Å². The van der Waals surface area contributed by atoms with Crippen molar-refractivity contribution < 1.29 is 14.4 Å². The maximum Gasteiger partial charge on any atom is 0.327 e. The minimum Gasteiger partial charge on any atom is -0.338 e. The second-order valence-corrected chi connectivity index (χ2v) is 8.71. The van der Waals surface area contributed by atoms with E-state index in [1.54, 1.807) is 16.0 Å². The molecule has 4 amide bonds. The van der Waals surface area contributed by atoms with E-state index in [0.717, 1.165) is 10.6 Å². The minimum atomic E-state index is -0.872. The maximum absolute atomic E-state index is 13.2. The van der Waals surface area contributed by atoms with Crippen molar-refractivity contribution >= 4 is 29.2 Å². The van der Waals surface area contributed by atoms with E-state index < -0.39 is 5.54 Å².